The van der Waals surface area contributed by atoms with Crippen LogP contribution in [-0.4, -0.2) is 10.2 Å². The number of rotatable bonds is 4. The molecule has 2 aromatic rings. The first-order valence-electron chi connectivity index (χ1n) is 5.10. The molecule has 0 atom stereocenters. The van der Waals surface area contributed by atoms with Crippen molar-refractivity contribution in [2.75, 3.05) is 0 Å². The van der Waals surface area contributed by atoms with Gasteiger partial charge in [-0.2, -0.15) is 0 Å². The summed E-state index contributed by atoms with van der Waals surface area (Å²) in [5.74, 6) is 0.190. The van der Waals surface area contributed by atoms with E-state index in [4.69, 9.17) is 5.11 Å². The predicted octanol–water partition coefficient (Wildman–Crippen LogP) is 3.21. The number of aromatic hydroxyl groups is 2. The number of phenolic OH excluding ortho intramolecular Hbond substituents is 2. The molecule has 1 aromatic heterocycles. The molecule has 0 saturated heterocycles. The van der Waals surface area contributed by atoms with Crippen molar-refractivity contribution in [1.82, 2.24) is 5.32 Å². The molecule has 3 nitrogen and oxygen atoms in total. The van der Waals surface area contributed by atoms with Gasteiger partial charge in [-0.25, -0.2) is 0 Å². The molecular formula is C12H12BrNO2S. The summed E-state index contributed by atoms with van der Waals surface area (Å²) in [6.07, 6.45) is 0. The minimum atomic E-state index is 0.0762. The Morgan fingerprint density at radius 1 is 1.18 bits per heavy atom. The zero-order valence-electron chi connectivity index (χ0n) is 8.98. The number of benzene rings is 1. The Labute approximate surface area is 112 Å². The van der Waals surface area contributed by atoms with Crippen LogP contribution in [0.25, 0.3) is 0 Å². The van der Waals surface area contributed by atoms with Gasteiger partial charge in [0.05, 0.1) is 0 Å². The number of hydrogen-bond acceptors (Lipinski definition) is 4. The Balaban J connectivity index is 1.92. The van der Waals surface area contributed by atoms with E-state index in [0.717, 1.165) is 16.6 Å². The second-order valence-electron chi connectivity index (χ2n) is 3.61. The number of phenols is 2. The van der Waals surface area contributed by atoms with Crippen LogP contribution in [0.3, 0.4) is 0 Å². The van der Waals surface area contributed by atoms with Crippen LogP contribution in [-0.2, 0) is 13.1 Å². The lowest BCUT2D eigenvalue weighted by atomic mass is 10.2. The third-order valence-electron chi connectivity index (χ3n) is 2.36. The molecule has 90 valence electrons. The summed E-state index contributed by atoms with van der Waals surface area (Å²) < 4.78 is 1.10. The standard InChI is InChI=1S/C12H12BrNO2S/c13-10-3-4-17-12(10)7-14-6-8-1-2-9(15)5-11(8)16/h1-5,14-16H,6-7H2. The average molecular weight is 314 g/mol. The smallest absolute Gasteiger partial charge is 0.123 e. The van der Waals surface area contributed by atoms with Gasteiger partial charge in [0, 0.05) is 34.1 Å². The average Bonchev–Trinajstić information content (AvgIpc) is 2.68. The molecule has 2 rings (SSSR count). The van der Waals surface area contributed by atoms with E-state index in [0.29, 0.717) is 6.54 Å². The first kappa shape index (κ1) is 12.4. The molecular weight excluding hydrogens is 302 g/mol. The second-order valence-corrected chi connectivity index (χ2v) is 5.46. The normalized spacial score (nSPS) is 10.6. The van der Waals surface area contributed by atoms with E-state index in [2.05, 4.69) is 21.2 Å². The monoisotopic (exact) mass is 313 g/mol. The van der Waals surface area contributed by atoms with Gasteiger partial charge in [0.25, 0.3) is 0 Å². The highest BCUT2D eigenvalue weighted by atomic mass is 79.9. The van der Waals surface area contributed by atoms with Gasteiger partial charge >= 0.3 is 0 Å². The summed E-state index contributed by atoms with van der Waals surface area (Å²) in [5, 5.41) is 24.0. The van der Waals surface area contributed by atoms with Crippen molar-refractivity contribution >= 4 is 27.3 Å². The van der Waals surface area contributed by atoms with E-state index in [1.165, 1.54) is 10.9 Å². The van der Waals surface area contributed by atoms with Crippen LogP contribution in [0.5, 0.6) is 11.5 Å². The molecule has 0 saturated carbocycles. The molecule has 17 heavy (non-hydrogen) atoms. The fourth-order valence-electron chi connectivity index (χ4n) is 1.46. The molecule has 1 aromatic carbocycles. The number of nitrogens with one attached hydrogen (secondary N) is 1. The lowest BCUT2D eigenvalue weighted by molar-refractivity contribution is 0.443. The van der Waals surface area contributed by atoms with Crippen LogP contribution in [0, 0.1) is 0 Å². The predicted molar refractivity (Wildman–Crippen MR) is 72.3 cm³/mol. The Morgan fingerprint density at radius 2 is 2.00 bits per heavy atom. The molecule has 0 bridgehead atoms. The van der Waals surface area contributed by atoms with Gasteiger partial charge < -0.3 is 15.5 Å². The maximum Gasteiger partial charge on any atom is 0.123 e. The van der Waals surface area contributed by atoms with E-state index in [1.54, 1.807) is 23.5 Å². The van der Waals surface area contributed by atoms with Crippen molar-refractivity contribution < 1.29 is 10.2 Å². The molecule has 0 aliphatic carbocycles. The molecule has 0 aliphatic rings. The van der Waals surface area contributed by atoms with E-state index in [9.17, 15) is 5.11 Å². The second kappa shape index (κ2) is 5.53. The highest BCUT2D eigenvalue weighted by Gasteiger charge is 2.04. The van der Waals surface area contributed by atoms with Crippen LogP contribution in [0.4, 0.5) is 0 Å². The summed E-state index contributed by atoms with van der Waals surface area (Å²) in [6.45, 7) is 1.31. The van der Waals surface area contributed by atoms with E-state index in [1.807, 2.05) is 11.4 Å². The minimum absolute atomic E-state index is 0.0762. The minimum Gasteiger partial charge on any atom is -0.508 e. The quantitative estimate of drug-likeness (QED) is 0.812. The van der Waals surface area contributed by atoms with Crippen LogP contribution in [0.2, 0.25) is 0 Å². The summed E-state index contributed by atoms with van der Waals surface area (Å²) >= 11 is 5.14. The van der Waals surface area contributed by atoms with Gasteiger partial charge in [0.2, 0.25) is 0 Å². The molecule has 0 spiro atoms. The SMILES string of the molecule is Oc1ccc(CNCc2sccc2Br)c(O)c1. The van der Waals surface area contributed by atoms with Crippen LogP contribution >= 0.6 is 27.3 Å². The van der Waals surface area contributed by atoms with E-state index in [-0.39, 0.29) is 11.5 Å². The summed E-state index contributed by atoms with van der Waals surface area (Å²) in [5.41, 5.74) is 0.774. The van der Waals surface area contributed by atoms with Crippen molar-refractivity contribution in [3.05, 3.63) is 44.6 Å². The third-order valence-corrected chi connectivity index (χ3v) is 4.29. The number of halogens is 1. The summed E-state index contributed by atoms with van der Waals surface area (Å²) in [6, 6.07) is 6.64. The van der Waals surface area contributed by atoms with Gasteiger partial charge in [-0.3, -0.25) is 0 Å². The van der Waals surface area contributed by atoms with Gasteiger partial charge in [-0.1, -0.05) is 6.07 Å². The molecule has 0 amide bonds. The molecule has 0 radical (unpaired) electrons. The van der Waals surface area contributed by atoms with Crippen molar-refractivity contribution in [1.29, 1.82) is 0 Å². The Morgan fingerprint density at radius 3 is 2.65 bits per heavy atom. The summed E-state index contributed by atoms with van der Waals surface area (Å²) in [7, 11) is 0. The van der Waals surface area contributed by atoms with Crippen LogP contribution in [0.15, 0.2) is 34.1 Å². The molecule has 0 unspecified atom stereocenters. The maximum atomic E-state index is 9.60. The highest BCUT2D eigenvalue weighted by Crippen LogP contribution is 2.24. The van der Waals surface area contributed by atoms with Crippen molar-refractivity contribution in [2.45, 2.75) is 13.1 Å². The maximum absolute atomic E-state index is 9.60. The fourth-order valence-corrected chi connectivity index (χ4v) is 2.93. The van der Waals surface area contributed by atoms with Crippen LogP contribution < -0.4 is 5.32 Å². The Bertz CT molecular complexity index is 513. The third kappa shape index (κ3) is 3.21. The molecule has 5 heteroatoms. The highest BCUT2D eigenvalue weighted by molar-refractivity contribution is 9.10. The number of thiophene rings is 1. The topological polar surface area (TPSA) is 52.5 Å². The first-order valence-corrected chi connectivity index (χ1v) is 6.77. The van der Waals surface area contributed by atoms with Crippen molar-refractivity contribution in [2.24, 2.45) is 0 Å². The zero-order valence-corrected chi connectivity index (χ0v) is 11.4. The van der Waals surface area contributed by atoms with Crippen molar-refractivity contribution in [3.8, 4) is 11.5 Å². The lowest BCUT2D eigenvalue weighted by Crippen LogP contribution is -2.12. The Kier molecular flexibility index (Phi) is 4.04. The number of hydrogen-bond donors (Lipinski definition) is 3. The largest absolute Gasteiger partial charge is 0.508 e. The first-order chi connectivity index (χ1) is 8.16. The van der Waals surface area contributed by atoms with Crippen LogP contribution in [0.1, 0.15) is 10.4 Å². The van der Waals surface area contributed by atoms with Gasteiger partial charge in [-0.15, -0.1) is 11.3 Å². The van der Waals surface area contributed by atoms with Gasteiger partial charge in [-0.05, 0) is 33.4 Å². The lowest BCUT2D eigenvalue weighted by Gasteiger charge is -2.06. The van der Waals surface area contributed by atoms with E-state index >= 15 is 0 Å². The molecule has 0 fully saturated rings. The van der Waals surface area contributed by atoms with Gasteiger partial charge in [0.15, 0.2) is 0 Å². The summed E-state index contributed by atoms with van der Waals surface area (Å²) in [4.78, 5) is 1.23. The molecule has 1 heterocycles. The fraction of sp³-hybridized carbons (Fsp3) is 0.167. The molecule has 0 aliphatic heterocycles. The molecule has 3 N–H and O–H groups in total. The zero-order chi connectivity index (χ0) is 12.3. The Hall–Kier alpha value is -1.04. The van der Waals surface area contributed by atoms with Gasteiger partial charge in [0.1, 0.15) is 11.5 Å². The van der Waals surface area contributed by atoms with E-state index < -0.39 is 0 Å². The van der Waals surface area contributed by atoms with Crippen molar-refractivity contribution in [3.63, 3.8) is 0 Å².